The van der Waals surface area contributed by atoms with E-state index in [1.54, 1.807) is 27.9 Å². The Morgan fingerprint density at radius 1 is 1.38 bits per heavy atom. The number of benzene rings is 1. The van der Waals surface area contributed by atoms with Gasteiger partial charge in [0, 0.05) is 25.3 Å². The maximum Gasteiger partial charge on any atom is 0.275 e. The molecule has 1 aliphatic rings. The first-order valence-corrected chi connectivity index (χ1v) is 7.40. The molecular formula is C14H14BrFN4O. The van der Waals surface area contributed by atoms with E-state index in [2.05, 4.69) is 21.0 Å². The second-order valence-electron chi connectivity index (χ2n) is 5.05. The molecule has 2 heterocycles. The molecule has 0 saturated carbocycles. The summed E-state index contributed by atoms with van der Waals surface area (Å²) < 4.78 is 15.1. The zero-order valence-electron chi connectivity index (χ0n) is 11.2. The van der Waals surface area contributed by atoms with E-state index in [1.807, 2.05) is 0 Å². The van der Waals surface area contributed by atoms with Gasteiger partial charge in [-0.25, -0.2) is 9.07 Å². The van der Waals surface area contributed by atoms with Crippen LogP contribution in [0.3, 0.4) is 0 Å². The molecule has 3 rings (SSSR count). The number of rotatable bonds is 2. The Morgan fingerprint density at radius 3 is 2.71 bits per heavy atom. The van der Waals surface area contributed by atoms with E-state index in [0.29, 0.717) is 28.9 Å². The summed E-state index contributed by atoms with van der Waals surface area (Å²) in [6.07, 6.45) is 2.50. The summed E-state index contributed by atoms with van der Waals surface area (Å²) in [6.45, 7) is 1.20. The SMILES string of the molecule is N[C@H]1CCN(C(=O)c2nn(-c3ccc(F)cc3)cc2Br)C1. The summed E-state index contributed by atoms with van der Waals surface area (Å²) in [5.74, 6) is -0.456. The average Bonchev–Trinajstić information content (AvgIpc) is 3.05. The number of carbonyl (C=O) groups is 1. The highest BCUT2D eigenvalue weighted by molar-refractivity contribution is 9.10. The van der Waals surface area contributed by atoms with Crippen molar-refractivity contribution in [2.45, 2.75) is 12.5 Å². The predicted octanol–water partition coefficient (Wildman–Crippen LogP) is 1.95. The third-order valence-corrected chi connectivity index (χ3v) is 4.06. The first-order valence-electron chi connectivity index (χ1n) is 6.60. The minimum atomic E-state index is -0.313. The van der Waals surface area contributed by atoms with Crippen LogP contribution in [0.4, 0.5) is 4.39 Å². The number of amides is 1. The summed E-state index contributed by atoms with van der Waals surface area (Å²) >= 11 is 3.36. The average molecular weight is 353 g/mol. The molecule has 0 bridgehead atoms. The highest BCUT2D eigenvalue weighted by Gasteiger charge is 2.27. The lowest BCUT2D eigenvalue weighted by atomic mass is 10.3. The second-order valence-corrected chi connectivity index (χ2v) is 5.90. The summed E-state index contributed by atoms with van der Waals surface area (Å²) in [5.41, 5.74) is 6.85. The molecule has 1 amide bonds. The van der Waals surface area contributed by atoms with Gasteiger partial charge >= 0.3 is 0 Å². The van der Waals surface area contributed by atoms with Gasteiger partial charge in [0.15, 0.2) is 5.69 Å². The summed E-state index contributed by atoms with van der Waals surface area (Å²) in [5, 5.41) is 4.29. The number of halogens is 2. The zero-order valence-corrected chi connectivity index (χ0v) is 12.8. The van der Waals surface area contributed by atoms with Crippen molar-refractivity contribution in [3.8, 4) is 5.69 Å². The lowest BCUT2D eigenvalue weighted by Gasteiger charge is -2.14. The zero-order chi connectivity index (χ0) is 15.0. The van der Waals surface area contributed by atoms with Crippen LogP contribution in [0, 0.1) is 5.82 Å². The number of likely N-dealkylation sites (tertiary alicyclic amines) is 1. The Labute approximate surface area is 129 Å². The molecule has 0 spiro atoms. The normalized spacial score (nSPS) is 18.2. The molecule has 0 aliphatic carbocycles. The molecule has 1 aromatic heterocycles. The topological polar surface area (TPSA) is 64.2 Å². The van der Waals surface area contributed by atoms with Crippen molar-refractivity contribution in [1.82, 2.24) is 14.7 Å². The van der Waals surface area contributed by atoms with Crippen molar-refractivity contribution < 1.29 is 9.18 Å². The van der Waals surface area contributed by atoms with Gasteiger partial charge in [0.25, 0.3) is 5.91 Å². The van der Waals surface area contributed by atoms with Gasteiger partial charge in [-0.3, -0.25) is 4.79 Å². The number of nitrogens with zero attached hydrogens (tertiary/aromatic N) is 3. The standard InChI is InChI=1S/C14H14BrFN4O/c15-12-8-20(11-3-1-9(16)2-4-11)18-13(12)14(21)19-6-5-10(17)7-19/h1-4,8,10H,5-7,17H2/t10-/m0/s1. The van der Waals surface area contributed by atoms with Crippen LogP contribution in [0.25, 0.3) is 5.69 Å². The van der Waals surface area contributed by atoms with Crippen LogP contribution >= 0.6 is 15.9 Å². The van der Waals surface area contributed by atoms with E-state index in [4.69, 9.17) is 5.73 Å². The Morgan fingerprint density at radius 2 is 2.10 bits per heavy atom. The number of nitrogens with two attached hydrogens (primary N) is 1. The van der Waals surface area contributed by atoms with Gasteiger partial charge in [-0.15, -0.1) is 0 Å². The van der Waals surface area contributed by atoms with E-state index >= 15 is 0 Å². The maximum atomic E-state index is 12.9. The lowest BCUT2D eigenvalue weighted by molar-refractivity contribution is 0.0783. The molecule has 1 aliphatic heterocycles. The van der Waals surface area contributed by atoms with Crippen molar-refractivity contribution in [3.05, 3.63) is 46.4 Å². The molecular weight excluding hydrogens is 339 g/mol. The van der Waals surface area contributed by atoms with Gasteiger partial charge < -0.3 is 10.6 Å². The first kappa shape index (κ1) is 14.2. The molecule has 1 saturated heterocycles. The second kappa shape index (κ2) is 5.57. The monoisotopic (exact) mass is 352 g/mol. The Hall–Kier alpha value is -1.73. The highest BCUT2D eigenvalue weighted by atomic mass is 79.9. The number of hydrogen-bond acceptors (Lipinski definition) is 3. The van der Waals surface area contributed by atoms with Crippen LogP contribution in [-0.4, -0.2) is 39.7 Å². The molecule has 2 aromatic rings. The van der Waals surface area contributed by atoms with E-state index in [-0.39, 0.29) is 17.8 Å². The Balaban J connectivity index is 1.87. The van der Waals surface area contributed by atoms with Crippen LogP contribution in [0.5, 0.6) is 0 Å². The van der Waals surface area contributed by atoms with E-state index in [0.717, 1.165) is 6.42 Å². The van der Waals surface area contributed by atoms with Crippen molar-refractivity contribution in [2.75, 3.05) is 13.1 Å². The van der Waals surface area contributed by atoms with Gasteiger partial charge in [0.05, 0.1) is 10.2 Å². The highest BCUT2D eigenvalue weighted by Crippen LogP contribution is 2.21. The fraction of sp³-hybridized carbons (Fsp3) is 0.286. The first-order chi connectivity index (χ1) is 10.0. The van der Waals surface area contributed by atoms with E-state index in [1.165, 1.54) is 12.1 Å². The molecule has 0 unspecified atom stereocenters. The summed E-state index contributed by atoms with van der Waals surface area (Å²) in [4.78, 5) is 14.1. The molecule has 2 N–H and O–H groups in total. The smallest absolute Gasteiger partial charge is 0.275 e. The van der Waals surface area contributed by atoms with Gasteiger partial charge in [0.1, 0.15) is 5.82 Å². The predicted molar refractivity (Wildman–Crippen MR) is 79.7 cm³/mol. The van der Waals surface area contributed by atoms with Crippen LogP contribution in [0.15, 0.2) is 34.9 Å². The molecule has 0 radical (unpaired) electrons. The third kappa shape index (κ3) is 2.84. The van der Waals surface area contributed by atoms with Crippen molar-refractivity contribution in [2.24, 2.45) is 5.73 Å². The molecule has 110 valence electrons. The quantitative estimate of drug-likeness (QED) is 0.898. The number of carbonyl (C=O) groups excluding carboxylic acids is 1. The largest absolute Gasteiger partial charge is 0.336 e. The third-order valence-electron chi connectivity index (χ3n) is 3.48. The number of aromatic nitrogens is 2. The summed E-state index contributed by atoms with van der Waals surface area (Å²) in [7, 11) is 0. The van der Waals surface area contributed by atoms with Gasteiger partial charge in [-0.1, -0.05) is 0 Å². The minimum Gasteiger partial charge on any atom is -0.336 e. The van der Waals surface area contributed by atoms with Crippen LogP contribution < -0.4 is 5.73 Å². The Bertz CT molecular complexity index is 670. The molecule has 1 aromatic carbocycles. The van der Waals surface area contributed by atoms with Crippen molar-refractivity contribution >= 4 is 21.8 Å². The Kier molecular flexibility index (Phi) is 3.77. The molecule has 1 fully saturated rings. The van der Waals surface area contributed by atoms with E-state index < -0.39 is 0 Å². The van der Waals surface area contributed by atoms with Crippen LogP contribution in [0.1, 0.15) is 16.9 Å². The van der Waals surface area contributed by atoms with Gasteiger partial charge in [-0.05, 0) is 46.6 Å². The fourth-order valence-electron chi connectivity index (χ4n) is 2.35. The molecule has 1 atom stereocenters. The van der Waals surface area contributed by atoms with E-state index in [9.17, 15) is 9.18 Å². The minimum absolute atomic E-state index is 0.0342. The molecule has 21 heavy (non-hydrogen) atoms. The van der Waals surface area contributed by atoms with Crippen LogP contribution in [0.2, 0.25) is 0 Å². The fourth-order valence-corrected chi connectivity index (χ4v) is 2.79. The van der Waals surface area contributed by atoms with Crippen molar-refractivity contribution in [3.63, 3.8) is 0 Å². The number of hydrogen-bond donors (Lipinski definition) is 1. The van der Waals surface area contributed by atoms with Gasteiger partial charge in [-0.2, -0.15) is 5.10 Å². The summed E-state index contributed by atoms with van der Waals surface area (Å²) in [6, 6.07) is 5.95. The van der Waals surface area contributed by atoms with Crippen LogP contribution in [-0.2, 0) is 0 Å². The molecule has 7 heteroatoms. The lowest BCUT2D eigenvalue weighted by Crippen LogP contribution is -2.32. The van der Waals surface area contributed by atoms with Gasteiger partial charge in [0.2, 0.25) is 0 Å². The van der Waals surface area contributed by atoms with Crippen molar-refractivity contribution in [1.29, 1.82) is 0 Å². The maximum absolute atomic E-state index is 12.9. The molecule has 5 nitrogen and oxygen atoms in total.